The second-order valence-electron chi connectivity index (χ2n) is 4.69. The first kappa shape index (κ1) is 15.2. The van der Waals surface area contributed by atoms with Crippen LogP contribution in [-0.2, 0) is 11.2 Å². The summed E-state index contributed by atoms with van der Waals surface area (Å²) in [4.78, 5) is 11.7. The highest BCUT2D eigenvalue weighted by atomic mass is 35.5. The van der Waals surface area contributed by atoms with E-state index >= 15 is 0 Å². The Kier molecular flexibility index (Phi) is 5.43. The molecule has 1 amide bonds. The van der Waals surface area contributed by atoms with E-state index in [2.05, 4.69) is 36.2 Å². The molecule has 2 aromatic carbocycles. The predicted molar refractivity (Wildman–Crippen MR) is 86.2 cm³/mol. The van der Waals surface area contributed by atoms with E-state index in [1.54, 1.807) is 12.1 Å². The fourth-order valence-corrected chi connectivity index (χ4v) is 2.13. The minimum atomic E-state index is -0.274. The van der Waals surface area contributed by atoms with Crippen molar-refractivity contribution in [2.75, 3.05) is 6.54 Å². The predicted octanol–water partition coefficient (Wildman–Crippen LogP) is 3.36. The summed E-state index contributed by atoms with van der Waals surface area (Å²) in [5, 5.41) is 3.41. The van der Waals surface area contributed by atoms with Crippen LogP contribution in [0.25, 0.3) is 0 Å². The van der Waals surface area contributed by atoms with Gasteiger partial charge in [0.05, 0.1) is 0 Å². The van der Waals surface area contributed by atoms with Crippen LogP contribution in [0.1, 0.15) is 16.7 Å². The fourth-order valence-electron chi connectivity index (χ4n) is 1.94. The maximum atomic E-state index is 11.7. The Hall–Kier alpha value is -2.24. The monoisotopic (exact) mass is 297 g/mol. The standard InChI is InChI=1S/C18H16ClNO/c1-14-5-2-3-7-16(14)11-12-20-18(21)10-9-15-6-4-8-17(19)13-15/h2-8,13H,11-12H2,1H3,(H,20,21). The van der Waals surface area contributed by atoms with Gasteiger partial charge in [0.1, 0.15) is 0 Å². The molecule has 0 unspecified atom stereocenters. The Labute approximate surface area is 130 Å². The molecular weight excluding hydrogens is 282 g/mol. The van der Waals surface area contributed by atoms with Crippen molar-refractivity contribution in [1.82, 2.24) is 5.32 Å². The van der Waals surface area contributed by atoms with Gasteiger partial charge < -0.3 is 5.32 Å². The van der Waals surface area contributed by atoms with Gasteiger partial charge in [0, 0.05) is 23.1 Å². The molecule has 0 atom stereocenters. The van der Waals surface area contributed by atoms with E-state index < -0.39 is 0 Å². The van der Waals surface area contributed by atoms with Crippen molar-refractivity contribution >= 4 is 17.5 Å². The van der Waals surface area contributed by atoms with E-state index in [-0.39, 0.29) is 5.91 Å². The molecule has 0 aliphatic rings. The lowest BCUT2D eigenvalue weighted by atomic mass is 10.1. The molecule has 1 N–H and O–H groups in total. The first-order valence-corrected chi connectivity index (χ1v) is 7.13. The topological polar surface area (TPSA) is 29.1 Å². The van der Waals surface area contributed by atoms with Gasteiger partial charge in [-0.3, -0.25) is 4.79 Å². The lowest BCUT2D eigenvalue weighted by Gasteiger charge is -2.05. The number of rotatable bonds is 3. The van der Waals surface area contributed by atoms with Crippen LogP contribution in [0.3, 0.4) is 0 Å². The quantitative estimate of drug-likeness (QED) is 0.865. The molecule has 0 aliphatic heterocycles. The highest BCUT2D eigenvalue weighted by molar-refractivity contribution is 6.30. The van der Waals surface area contributed by atoms with E-state index in [0.717, 1.165) is 12.0 Å². The van der Waals surface area contributed by atoms with Crippen molar-refractivity contribution < 1.29 is 4.79 Å². The minimum absolute atomic E-state index is 0.274. The van der Waals surface area contributed by atoms with E-state index in [1.807, 2.05) is 24.3 Å². The van der Waals surface area contributed by atoms with Gasteiger partial charge in [-0.2, -0.15) is 0 Å². The van der Waals surface area contributed by atoms with Gasteiger partial charge in [-0.15, -0.1) is 0 Å². The third-order valence-corrected chi connectivity index (χ3v) is 3.32. The van der Waals surface area contributed by atoms with E-state index in [1.165, 1.54) is 11.1 Å². The van der Waals surface area contributed by atoms with Crippen molar-refractivity contribution in [1.29, 1.82) is 0 Å². The summed E-state index contributed by atoms with van der Waals surface area (Å²) in [5.74, 6) is 5.09. The van der Waals surface area contributed by atoms with Gasteiger partial charge in [-0.05, 0) is 42.7 Å². The summed E-state index contributed by atoms with van der Waals surface area (Å²) < 4.78 is 0. The Morgan fingerprint density at radius 3 is 2.76 bits per heavy atom. The van der Waals surface area contributed by atoms with Crippen LogP contribution < -0.4 is 5.32 Å². The van der Waals surface area contributed by atoms with Crippen LogP contribution in [0.4, 0.5) is 0 Å². The molecule has 2 rings (SSSR count). The van der Waals surface area contributed by atoms with E-state index in [9.17, 15) is 4.79 Å². The van der Waals surface area contributed by atoms with Gasteiger partial charge in [-0.1, -0.05) is 47.9 Å². The summed E-state index contributed by atoms with van der Waals surface area (Å²) in [6.07, 6.45) is 0.803. The van der Waals surface area contributed by atoms with Crippen LogP contribution in [0.15, 0.2) is 48.5 Å². The Balaban J connectivity index is 1.85. The summed E-state index contributed by atoms with van der Waals surface area (Å²) in [6, 6.07) is 15.3. The average molecular weight is 298 g/mol. The first-order valence-electron chi connectivity index (χ1n) is 6.75. The average Bonchev–Trinajstić information content (AvgIpc) is 2.47. The number of hydrogen-bond acceptors (Lipinski definition) is 1. The molecule has 0 bridgehead atoms. The van der Waals surface area contributed by atoms with Crippen molar-refractivity contribution in [3.05, 3.63) is 70.2 Å². The number of carbonyl (C=O) groups is 1. The number of halogens is 1. The molecule has 3 heteroatoms. The summed E-state index contributed by atoms with van der Waals surface area (Å²) in [5.41, 5.74) is 3.20. The number of nitrogens with one attached hydrogen (secondary N) is 1. The SMILES string of the molecule is Cc1ccccc1CCNC(=O)C#Cc1cccc(Cl)c1. The molecule has 106 valence electrons. The Bertz CT molecular complexity index is 698. The third-order valence-electron chi connectivity index (χ3n) is 3.09. The number of amides is 1. The van der Waals surface area contributed by atoms with E-state index in [0.29, 0.717) is 11.6 Å². The molecule has 2 nitrogen and oxygen atoms in total. The van der Waals surface area contributed by atoms with Gasteiger partial charge in [0.2, 0.25) is 0 Å². The van der Waals surface area contributed by atoms with Crippen molar-refractivity contribution in [3.8, 4) is 11.8 Å². The van der Waals surface area contributed by atoms with Gasteiger partial charge in [0.25, 0.3) is 5.91 Å². The van der Waals surface area contributed by atoms with Gasteiger partial charge in [-0.25, -0.2) is 0 Å². The zero-order valence-corrected chi connectivity index (χ0v) is 12.6. The number of benzene rings is 2. The first-order chi connectivity index (χ1) is 10.1. The largest absolute Gasteiger partial charge is 0.345 e. The lowest BCUT2D eigenvalue weighted by Crippen LogP contribution is -2.24. The zero-order valence-electron chi connectivity index (χ0n) is 11.8. The Morgan fingerprint density at radius 1 is 1.19 bits per heavy atom. The molecular formula is C18H16ClNO. The minimum Gasteiger partial charge on any atom is -0.345 e. The lowest BCUT2D eigenvalue weighted by molar-refractivity contribution is -0.115. The second-order valence-corrected chi connectivity index (χ2v) is 5.13. The molecule has 0 saturated carbocycles. The van der Waals surface area contributed by atoms with Crippen molar-refractivity contribution in [2.24, 2.45) is 0 Å². The van der Waals surface area contributed by atoms with Crippen molar-refractivity contribution in [3.63, 3.8) is 0 Å². The van der Waals surface area contributed by atoms with Gasteiger partial charge >= 0.3 is 0 Å². The molecule has 0 radical (unpaired) electrons. The van der Waals surface area contributed by atoms with Crippen LogP contribution in [0.2, 0.25) is 5.02 Å². The molecule has 0 aromatic heterocycles. The summed E-state index contributed by atoms with van der Waals surface area (Å²) in [7, 11) is 0. The number of aryl methyl sites for hydroxylation is 1. The zero-order chi connectivity index (χ0) is 15.1. The molecule has 0 fully saturated rings. The summed E-state index contributed by atoms with van der Waals surface area (Å²) >= 11 is 5.86. The molecule has 2 aromatic rings. The third kappa shape index (κ3) is 4.98. The highest BCUT2D eigenvalue weighted by Crippen LogP contribution is 2.09. The molecule has 0 spiro atoms. The second kappa shape index (κ2) is 7.52. The van der Waals surface area contributed by atoms with Crippen molar-refractivity contribution in [2.45, 2.75) is 13.3 Å². The highest BCUT2D eigenvalue weighted by Gasteiger charge is 1.99. The number of carbonyl (C=O) groups excluding carboxylic acids is 1. The van der Waals surface area contributed by atoms with Crippen LogP contribution >= 0.6 is 11.6 Å². The molecule has 21 heavy (non-hydrogen) atoms. The maximum Gasteiger partial charge on any atom is 0.296 e. The van der Waals surface area contributed by atoms with Crippen LogP contribution in [-0.4, -0.2) is 12.5 Å². The normalized spacial score (nSPS) is 9.62. The fraction of sp³-hybridized carbons (Fsp3) is 0.167. The van der Waals surface area contributed by atoms with Gasteiger partial charge in [0.15, 0.2) is 0 Å². The Morgan fingerprint density at radius 2 is 2.00 bits per heavy atom. The van der Waals surface area contributed by atoms with Crippen LogP contribution in [0.5, 0.6) is 0 Å². The maximum absolute atomic E-state index is 11.7. The number of hydrogen-bond donors (Lipinski definition) is 1. The molecule has 0 saturated heterocycles. The summed E-state index contributed by atoms with van der Waals surface area (Å²) in [6.45, 7) is 2.64. The molecule has 0 heterocycles. The van der Waals surface area contributed by atoms with Crippen LogP contribution in [0, 0.1) is 18.8 Å². The van der Waals surface area contributed by atoms with E-state index in [4.69, 9.17) is 11.6 Å². The molecule has 0 aliphatic carbocycles. The smallest absolute Gasteiger partial charge is 0.296 e.